The molecule has 1 aromatic heterocycles. The summed E-state index contributed by atoms with van der Waals surface area (Å²) in [6, 6.07) is 4.27. The Hall–Kier alpha value is -1.66. The summed E-state index contributed by atoms with van der Waals surface area (Å²) < 4.78 is 5.90. The highest BCUT2D eigenvalue weighted by Crippen LogP contribution is 2.23. The van der Waals surface area contributed by atoms with Crippen LogP contribution in [0.3, 0.4) is 0 Å². The summed E-state index contributed by atoms with van der Waals surface area (Å²) >= 11 is 0. The summed E-state index contributed by atoms with van der Waals surface area (Å²) in [5, 5.41) is 6.06. The van der Waals surface area contributed by atoms with Crippen LogP contribution in [-0.2, 0) is 4.74 Å². The first-order chi connectivity index (χ1) is 12.0. The zero-order valence-electron chi connectivity index (χ0n) is 15.5. The normalized spacial score (nSPS) is 24.8. The van der Waals surface area contributed by atoms with Crippen molar-refractivity contribution in [3.8, 4) is 0 Å². The second-order valence-electron chi connectivity index (χ2n) is 7.53. The van der Waals surface area contributed by atoms with Crippen LogP contribution in [0.5, 0.6) is 0 Å². The molecule has 1 aromatic rings. The average Bonchev–Trinajstić information content (AvgIpc) is 3.06. The third-order valence-corrected chi connectivity index (χ3v) is 5.25. The number of carbonyl (C=O) groups is 1. The standard InChI is InChI=1S/C19H30N4O2/c1-13(2)17(18-14(3)6-4-8-20-18)22-19(24)21-10-16-11-23-9-5-7-15(23)12-25-16/h4,6,8,13,15-17H,5,7,9-12H2,1-3H3,(H2,21,22,24)/t15-,16+,17-/m1/s1. The Morgan fingerprint density at radius 3 is 3.08 bits per heavy atom. The van der Waals surface area contributed by atoms with Gasteiger partial charge in [-0.2, -0.15) is 0 Å². The molecule has 2 aliphatic rings. The minimum Gasteiger partial charge on any atom is -0.373 e. The summed E-state index contributed by atoms with van der Waals surface area (Å²) in [6.07, 6.45) is 4.35. The number of fused-ring (bicyclic) bond motifs is 1. The van der Waals surface area contributed by atoms with E-state index in [1.165, 1.54) is 12.8 Å². The highest BCUT2D eigenvalue weighted by atomic mass is 16.5. The van der Waals surface area contributed by atoms with Gasteiger partial charge in [0, 0.05) is 25.3 Å². The second kappa shape index (κ2) is 8.15. The van der Waals surface area contributed by atoms with Crippen molar-refractivity contribution >= 4 is 6.03 Å². The summed E-state index contributed by atoms with van der Waals surface area (Å²) in [5.74, 6) is 0.260. The highest BCUT2D eigenvalue weighted by Gasteiger charge is 2.32. The minimum absolute atomic E-state index is 0.0780. The minimum atomic E-state index is -0.157. The first-order valence-electron chi connectivity index (χ1n) is 9.36. The monoisotopic (exact) mass is 346 g/mol. The first kappa shape index (κ1) is 18.1. The molecule has 2 amide bonds. The van der Waals surface area contributed by atoms with E-state index in [4.69, 9.17) is 4.74 Å². The van der Waals surface area contributed by atoms with Crippen LogP contribution in [0.4, 0.5) is 4.79 Å². The Labute approximate surface area is 150 Å². The van der Waals surface area contributed by atoms with Crippen LogP contribution in [0.2, 0.25) is 0 Å². The number of hydrogen-bond donors (Lipinski definition) is 2. The number of carbonyl (C=O) groups excluding carboxylic acids is 1. The molecule has 138 valence electrons. The molecule has 0 unspecified atom stereocenters. The van der Waals surface area contributed by atoms with Crippen LogP contribution in [0.1, 0.15) is 44.0 Å². The Morgan fingerprint density at radius 2 is 2.32 bits per heavy atom. The van der Waals surface area contributed by atoms with E-state index < -0.39 is 0 Å². The Kier molecular flexibility index (Phi) is 5.91. The second-order valence-corrected chi connectivity index (χ2v) is 7.53. The summed E-state index contributed by atoms with van der Waals surface area (Å²) in [4.78, 5) is 19.3. The summed E-state index contributed by atoms with van der Waals surface area (Å²) in [5.41, 5.74) is 2.03. The third-order valence-electron chi connectivity index (χ3n) is 5.25. The maximum atomic E-state index is 12.4. The summed E-state index contributed by atoms with van der Waals surface area (Å²) in [6.45, 7) is 9.62. The van der Waals surface area contributed by atoms with Gasteiger partial charge in [-0.1, -0.05) is 19.9 Å². The van der Waals surface area contributed by atoms with Crippen molar-refractivity contribution in [3.63, 3.8) is 0 Å². The van der Waals surface area contributed by atoms with Crippen molar-refractivity contribution in [2.75, 3.05) is 26.2 Å². The number of rotatable bonds is 5. The molecule has 6 heteroatoms. The smallest absolute Gasteiger partial charge is 0.315 e. The molecule has 2 fully saturated rings. The molecule has 3 atom stereocenters. The molecule has 0 spiro atoms. The largest absolute Gasteiger partial charge is 0.373 e. The summed E-state index contributed by atoms with van der Waals surface area (Å²) in [7, 11) is 0. The molecule has 0 bridgehead atoms. The van der Waals surface area contributed by atoms with Gasteiger partial charge in [0.25, 0.3) is 0 Å². The number of aromatic nitrogens is 1. The predicted octanol–water partition coefficient (Wildman–Crippen LogP) is 2.25. The van der Waals surface area contributed by atoms with Gasteiger partial charge in [0.05, 0.1) is 24.4 Å². The molecule has 6 nitrogen and oxygen atoms in total. The van der Waals surface area contributed by atoms with Crippen molar-refractivity contribution in [2.45, 2.75) is 51.8 Å². The first-order valence-corrected chi connectivity index (χ1v) is 9.36. The van der Waals surface area contributed by atoms with E-state index >= 15 is 0 Å². The van der Waals surface area contributed by atoms with Crippen LogP contribution in [0.25, 0.3) is 0 Å². The maximum Gasteiger partial charge on any atom is 0.315 e. The molecule has 0 aromatic carbocycles. The van der Waals surface area contributed by atoms with Crippen LogP contribution in [0.15, 0.2) is 18.3 Å². The lowest BCUT2D eigenvalue weighted by atomic mass is 9.97. The van der Waals surface area contributed by atoms with E-state index in [1.54, 1.807) is 6.20 Å². The molecule has 2 N–H and O–H groups in total. The number of nitrogens with zero attached hydrogens (tertiary/aromatic N) is 2. The van der Waals surface area contributed by atoms with E-state index in [9.17, 15) is 4.79 Å². The lowest BCUT2D eigenvalue weighted by molar-refractivity contribution is -0.0458. The molecule has 3 heterocycles. The maximum absolute atomic E-state index is 12.4. The van der Waals surface area contributed by atoms with Gasteiger partial charge >= 0.3 is 6.03 Å². The topological polar surface area (TPSA) is 66.5 Å². The molecule has 3 rings (SSSR count). The van der Waals surface area contributed by atoms with E-state index in [2.05, 4.69) is 34.4 Å². The van der Waals surface area contributed by atoms with Gasteiger partial charge in [-0.15, -0.1) is 0 Å². The SMILES string of the molecule is Cc1cccnc1[C@H](NC(=O)NC[C@H]1CN2CCC[C@@H]2CO1)C(C)C. The Bertz CT molecular complexity index is 593. The number of nitrogens with one attached hydrogen (secondary N) is 2. The quantitative estimate of drug-likeness (QED) is 0.858. The van der Waals surface area contributed by atoms with Gasteiger partial charge in [0.1, 0.15) is 0 Å². The number of ether oxygens (including phenoxy) is 1. The number of urea groups is 1. The molecule has 0 aliphatic carbocycles. The highest BCUT2D eigenvalue weighted by molar-refractivity contribution is 5.74. The molecular formula is C19H30N4O2. The van der Waals surface area contributed by atoms with Crippen LogP contribution < -0.4 is 10.6 Å². The lowest BCUT2D eigenvalue weighted by Crippen LogP contribution is -2.51. The predicted molar refractivity (Wildman–Crippen MR) is 97.4 cm³/mol. The average molecular weight is 346 g/mol. The van der Waals surface area contributed by atoms with Gasteiger partial charge in [0.15, 0.2) is 0 Å². The molecule has 0 radical (unpaired) electrons. The van der Waals surface area contributed by atoms with Gasteiger partial charge < -0.3 is 15.4 Å². The van der Waals surface area contributed by atoms with Crippen molar-refractivity contribution in [1.82, 2.24) is 20.5 Å². The van der Waals surface area contributed by atoms with Crippen LogP contribution >= 0.6 is 0 Å². The van der Waals surface area contributed by atoms with Gasteiger partial charge in [-0.25, -0.2) is 4.79 Å². The van der Waals surface area contributed by atoms with Gasteiger partial charge in [0.2, 0.25) is 0 Å². The fourth-order valence-electron chi connectivity index (χ4n) is 3.78. The number of pyridine rings is 1. The molecule has 2 aliphatic heterocycles. The van der Waals surface area contributed by atoms with E-state index in [0.29, 0.717) is 12.6 Å². The fourth-order valence-corrected chi connectivity index (χ4v) is 3.78. The van der Waals surface area contributed by atoms with Crippen molar-refractivity contribution in [2.24, 2.45) is 5.92 Å². The van der Waals surface area contributed by atoms with Crippen molar-refractivity contribution in [1.29, 1.82) is 0 Å². The van der Waals surface area contributed by atoms with Crippen molar-refractivity contribution < 1.29 is 9.53 Å². The van der Waals surface area contributed by atoms with Crippen molar-refractivity contribution in [3.05, 3.63) is 29.6 Å². The van der Waals surface area contributed by atoms with Gasteiger partial charge in [-0.05, 0) is 43.9 Å². The number of amides is 2. The molecule has 25 heavy (non-hydrogen) atoms. The van der Waals surface area contributed by atoms with E-state index in [-0.39, 0.29) is 24.1 Å². The lowest BCUT2D eigenvalue weighted by Gasteiger charge is -2.35. The number of hydrogen-bond acceptors (Lipinski definition) is 4. The molecule has 0 saturated carbocycles. The number of morpholine rings is 1. The third kappa shape index (κ3) is 4.50. The van der Waals surface area contributed by atoms with E-state index in [0.717, 1.165) is 31.0 Å². The zero-order chi connectivity index (χ0) is 17.8. The van der Waals surface area contributed by atoms with E-state index in [1.807, 2.05) is 19.1 Å². The van der Waals surface area contributed by atoms with Gasteiger partial charge in [-0.3, -0.25) is 9.88 Å². The molecule has 2 saturated heterocycles. The Morgan fingerprint density at radius 1 is 1.48 bits per heavy atom. The van der Waals surface area contributed by atoms with Crippen LogP contribution in [0, 0.1) is 12.8 Å². The fraction of sp³-hybridized carbons (Fsp3) is 0.684. The Balaban J connectivity index is 1.51. The van der Waals surface area contributed by atoms with Crippen LogP contribution in [-0.4, -0.2) is 54.3 Å². The molecular weight excluding hydrogens is 316 g/mol. The zero-order valence-corrected chi connectivity index (χ0v) is 15.5. The number of aryl methyl sites for hydroxylation is 1.